The zero-order chi connectivity index (χ0) is 45.7. The molecule has 0 bridgehead atoms. The van der Waals surface area contributed by atoms with Crippen LogP contribution in [-0.4, -0.2) is 35.4 Å². The first kappa shape index (κ1) is 55.0. The molecular weight excluding hydrogens is 745 g/mol. The number of carbonyl (C=O) groups is 2. The van der Waals surface area contributed by atoms with Crippen LogP contribution in [0.2, 0.25) is 0 Å². The Bertz CT molecular complexity index is 1470. The van der Waals surface area contributed by atoms with E-state index < -0.39 is 0 Å². The zero-order valence-electron chi connectivity index (χ0n) is 41.6. The van der Waals surface area contributed by atoms with Crippen molar-refractivity contribution in [3.05, 3.63) is 57.6 Å². The predicted molar refractivity (Wildman–Crippen MR) is 255 cm³/mol. The minimum Gasteiger partial charge on any atom is -0.507 e. The summed E-state index contributed by atoms with van der Waals surface area (Å²) < 4.78 is 11.2. The van der Waals surface area contributed by atoms with Gasteiger partial charge in [-0.25, -0.2) is 9.59 Å². The average Bonchev–Trinajstić information content (AvgIpc) is 3.14. The van der Waals surface area contributed by atoms with Crippen molar-refractivity contribution >= 4 is 11.9 Å². The van der Waals surface area contributed by atoms with Crippen LogP contribution in [0.1, 0.15) is 262 Å². The average molecular weight is 837 g/mol. The Morgan fingerprint density at radius 2 is 0.767 bits per heavy atom. The van der Waals surface area contributed by atoms with Gasteiger partial charge in [0.1, 0.15) is 11.5 Å². The van der Waals surface area contributed by atoms with E-state index in [1.807, 2.05) is 41.5 Å². The molecule has 0 saturated heterocycles. The van der Waals surface area contributed by atoms with Crippen LogP contribution in [0, 0.1) is 5.92 Å². The van der Waals surface area contributed by atoms with E-state index in [9.17, 15) is 19.8 Å². The maximum atomic E-state index is 12.7. The summed E-state index contributed by atoms with van der Waals surface area (Å²) >= 11 is 0. The van der Waals surface area contributed by atoms with Crippen LogP contribution in [-0.2, 0) is 31.1 Å². The van der Waals surface area contributed by atoms with Gasteiger partial charge in [-0.1, -0.05) is 207 Å². The van der Waals surface area contributed by atoms with Crippen LogP contribution in [0.4, 0.5) is 0 Å². The van der Waals surface area contributed by atoms with Gasteiger partial charge in [0.05, 0.1) is 24.3 Å². The SMILES string of the molecule is CCCCC(CC)COC(=O)c1cc(C(C)(C)C)c(O)c(C(C)(C)C)c1.CCCCCCCCCCCCCCCCOC(=O)c1cc(C(C)(C)C)c(O)c(C(C)(C)C)c1. The normalized spacial score (nSPS) is 12.8. The topological polar surface area (TPSA) is 93.1 Å². The smallest absolute Gasteiger partial charge is 0.338 e. The Labute approximate surface area is 369 Å². The molecule has 0 aliphatic carbocycles. The summed E-state index contributed by atoms with van der Waals surface area (Å²) in [5, 5.41) is 21.6. The molecule has 0 aliphatic heterocycles. The fraction of sp³-hybridized carbons (Fsp3) is 0.741. The third kappa shape index (κ3) is 20.2. The molecule has 1 unspecified atom stereocenters. The standard InChI is InChI=1S/C31H54O3.C23H38O3/c1-8-9-10-11-12-13-14-15-16-17-18-19-20-21-22-34-29(33)25-23-26(30(2,3)4)28(32)27(24-25)31(5,6)7;1-9-11-12-16(10-2)15-26-21(25)17-13-18(22(3,4)5)20(24)19(14-17)23(6,7)8/h23-24,32H,8-22H2,1-7H3;13-14,16,24H,9-12,15H2,1-8H3. The summed E-state index contributed by atoms with van der Waals surface area (Å²) in [4.78, 5) is 25.4. The van der Waals surface area contributed by atoms with E-state index in [0.717, 1.165) is 60.8 Å². The first-order valence-electron chi connectivity index (χ1n) is 24.0. The van der Waals surface area contributed by atoms with Crippen LogP contribution in [0.15, 0.2) is 24.3 Å². The van der Waals surface area contributed by atoms with Crippen molar-refractivity contribution in [3.8, 4) is 11.5 Å². The Balaban J connectivity index is 0.000000622. The van der Waals surface area contributed by atoms with Crippen molar-refractivity contribution in [3.63, 3.8) is 0 Å². The van der Waals surface area contributed by atoms with Crippen molar-refractivity contribution in [2.24, 2.45) is 5.92 Å². The van der Waals surface area contributed by atoms with Gasteiger partial charge < -0.3 is 19.7 Å². The lowest BCUT2D eigenvalue weighted by Gasteiger charge is -2.28. The van der Waals surface area contributed by atoms with Gasteiger partial charge in [-0.15, -0.1) is 0 Å². The Morgan fingerprint density at radius 1 is 0.467 bits per heavy atom. The van der Waals surface area contributed by atoms with Crippen molar-refractivity contribution in [1.82, 2.24) is 0 Å². The van der Waals surface area contributed by atoms with Gasteiger partial charge in [0.15, 0.2) is 0 Å². The molecule has 2 aromatic rings. The highest BCUT2D eigenvalue weighted by molar-refractivity contribution is 5.91. The summed E-state index contributed by atoms with van der Waals surface area (Å²) in [6.45, 7) is 32.1. The van der Waals surface area contributed by atoms with Crippen LogP contribution in [0.3, 0.4) is 0 Å². The van der Waals surface area contributed by atoms with E-state index in [1.165, 1.54) is 77.0 Å². The molecule has 0 spiro atoms. The number of carbonyl (C=O) groups excluding carboxylic acids is 2. The molecule has 0 aliphatic rings. The Hall–Kier alpha value is -3.02. The number of rotatable bonds is 23. The molecular formula is C54H92O6. The zero-order valence-corrected chi connectivity index (χ0v) is 41.6. The summed E-state index contributed by atoms with van der Waals surface area (Å²) in [5.74, 6) is 0.418. The molecule has 0 amide bonds. The monoisotopic (exact) mass is 837 g/mol. The highest BCUT2D eigenvalue weighted by atomic mass is 16.5. The lowest BCUT2D eigenvalue weighted by molar-refractivity contribution is 0.0426. The molecule has 60 heavy (non-hydrogen) atoms. The third-order valence-corrected chi connectivity index (χ3v) is 11.6. The highest BCUT2D eigenvalue weighted by Crippen LogP contribution is 2.41. The van der Waals surface area contributed by atoms with E-state index in [2.05, 4.69) is 62.3 Å². The van der Waals surface area contributed by atoms with Crippen molar-refractivity contribution < 1.29 is 29.3 Å². The number of phenolic OH excluding ortho intramolecular Hbond substituents is 2. The highest BCUT2D eigenvalue weighted by Gasteiger charge is 2.30. The molecule has 1 atom stereocenters. The molecule has 0 heterocycles. The fourth-order valence-corrected chi connectivity index (χ4v) is 7.51. The van der Waals surface area contributed by atoms with Gasteiger partial charge in [0.25, 0.3) is 0 Å². The van der Waals surface area contributed by atoms with Gasteiger partial charge in [0.2, 0.25) is 0 Å². The van der Waals surface area contributed by atoms with Crippen molar-refractivity contribution in [1.29, 1.82) is 0 Å². The van der Waals surface area contributed by atoms with E-state index >= 15 is 0 Å². The first-order valence-corrected chi connectivity index (χ1v) is 24.0. The molecule has 2 N–H and O–H groups in total. The number of hydrogen-bond donors (Lipinski definition) is 2. The number of aromatic hydroxyl groups is 2. The molecule has 2 rings (SSSR count). The van der Waals surface area contributed by atoms with Gasteiger partial charge in [-0.2, -0.15) is 0 Å². The largest absolute Gasteiger partial charge is 0.507 e. The second-order valence-electron chi connectivity index (χ2n) is 21.6. The maximum absolute atomic E-state index is 12.7. The number of esters is 2. The second kappa shape index (κ2) is 26.5. The summed E-state index contributed by atoms with van der Waals surface area (Å²) in [5.41, 5.74) is 3.21. The van der Waals surface area contributed by atoms with Crippen LogP contribution >= 0.6 is 0 Å². The third-order valence-electron chi connectivity index (χ3n) is 11.6. The van der Waals surface area contributed by atoms with Crippen molar-refractivity contribution in [2.45, 2.75) is 241 Å². The van der Waals surface area contributed by atoms with Gasteiger partial charge in [-0.3, -0.25) is 0 Å². The molecule has 0 aromatic heterocycles. The van der Waals surface area contributed by atoms with Crippen LogP contribution < -0.4 is 0 Å². The van der Waals surface area contributed by atoms with E-state index in [4.69, 9.17) is 9.47 Å². The molecule has 0 radical (unpaired) electrons. The maximum Gasteiger partial charge on any atom is 0.338 e. The fourth-order valence-electron chi connectivity index (χ4n) is 7.51. The van der Waals surface area contributed by atoms with Gasteiger partial charge in [-0.05, 0) is 64.7 Å². The Morgan fingerprint density at radius 3 is 1.07 bits per heavy atom. The molecule has 6 nitrogen and oxygen atoms in total. The molecule has 0 saturated carbocycles. The number of ether oxygens (including phenoxy) is 2. The van der Waals surface area contributed by atoms with Crippen molar-refractivity contribution in [2.75, 3.05) is 13.2 Å². The number of unbranched alkanes of at least 4 members (excludes halogenated alkanes) is 14. The summed E-state index contributed by atoms with van der Waals surface area (Å²) in [6, 6.07) is 7.19. The molecule has 6 heteroatoms. The van der Waals surface area contributed by atoms with E-state index in [1.54, 1.807) is 24.3 Å². The lowest BCUT2D eigenvalue weighted by atomic mass is 9.78. The van der Waals surface area contributed by atoms with Crippen LogP contribution in [0.5, 0.6) is 11.5 Å². The quantitative estimate of drug-likeness (QED) is 0.0855. The summed E-state index contributed by atoms with van der Waals surface area (Å²) in [7, 11) is 0. The first-order chi connectivity index (χ1) is 27.9. The number of phenols is 2. The van der Waals surface area contributed by atoms with E-state index in [-0.39, 0.29) is 39.3 Å². The molecule has 0 fully saturated rings. The second-order valence-corrected chi connectivity index (χ2v) is 21.6. The molecule has 344 valence electrons. The number of benzene rings is 2. The predicted octanol–water partition coefficient (Wildman–Crippen LogP) is 16.0. The van der Waals surface area contributed by atoms with Crippen LogP contribution in [0.25, 0.3) is 0 Å². The Kier molecular flexibility index (Phi) is 24.2. The van der Waals surface area contributed by atoms with Gasteiger partial charge in [0, 0.05) is 22.3 Å². The lowest BCUT2D eigenvalue weighted by Crippen LogP contribution is -2.20. The minimum absolute atomic E-state index is 0.255. The number of hydrogen-bond acceptors (Lipinski definition) is 6. The summed E-state index contributed by atoms with van der Waals surface area (Å²) in [6.07, 6.45) is 22.8. The van der Waals surface area contributed by atoms with Gasteiger partial charge >= 0.3 is 11.9 Å². The minimum atomic E-state index is -0.295. The van der Waals surface area contributed by atoms with E-state index in [0.29, 0.717) is 36.0 Å². The molecule has 2 aromatic carbocycles.